The third-order valence-electron chi connectivity index (χ3n) is 6.89. The molecule has 0 spiro atoms. The lowest BCUT2D eigenvalue weighted by Gasteiger charge is -2.19. The van der Waals surface area contributed by atoms with E-state index in [0.717, 1.165) is 53.7 Å². The summed E-state index contributed by atoms with van der Waals surface area (Å²) in [6, 6.07) is 15.6. The normalized spacial score (nSPS) is 13.2. The molecule has 42 heavy (non-hydrogen) atoms. The molecular formula is C32H42N2O7S. The summed E-state index contributed by atoms with van der Waals surface area (Å²) in [5, 5.41) is 12.1. The number of nitrogens with one attached hydrogen (secondary N) is 1. The highest BCUT2D eigenvalue weighted by Gasteiger charge is 2.25. The number of furan rings is 1. The molecule has 0 saturated carbocycles. The number of aliphatic carboxylic acids is 1. The van der Waals surface area contributed by atoms with E-state index in [1.165, 1.54) is 0 Å². The lowest BCUT2D eigenvalue weighted by Crippen LogP contribution is -2.42. The van der Waals surface area contributed by atoms with Gasteiger partial charge in [0, 0.05) is 11.8 Å². The van der Waals surface area contributed by atoms with Crippen molar-refractivity contribution < 1.29 is 32.3 Å². The number of carbonyl (C=O) groups is 2. The zero-order chi connectivity index (χ0) is 30.9. The molecule has 3 rings (SSSR count). The number of sulfone groups is 1. The summed E-state index contributed by atoms with van der Waals surface area (Å²) < 4.78 is 35.7. The predicted molar refractivity (Wildman–Crippen MR) is 163 cm³/mol. The summed E-state index contributed by atoms with van der Waals surface area (Å²) in [5.41, 5.74) is 3.55. The molecule has 0 fully saturated rings. The lowest BCUT2D eigenvalue weighted by molar-refractivity contribution is -0.139. The molecular weight excluding hydrogens is 556 g/mol. The van der Waals surface area contributed by atoms with Crippen molar-refractivity contribution in [1.82, 2.24) is 10.2 Å². The van der Waals surface area contributed by atoms with E-state index in [1.54, 1.807) is 12.1 Å². The smallest absolute Gasteiger partial charge is 0.326 e. The number of nitrogens with zero attached hydrogens (tertiary/aromatic N) is 1. The fourth-order valence-corrected chi connectivity index (χ4v) is 5.32. The van der Waals surface area contributed by atoms with E-state index in [-0.39, 0.29) is 24.9 Å². The summed E-state index contributed by atoms with van der Waals surface area (Å²) in [6.07, 6.45) is 3.39. The molecule has 0 aliphatic heterocycles. The molecule has 0 radical (unpaired) electrons. The Kier molecular flexibility index (Phi) is 11.9. The SMILES string of the molecule is CCCC[C@@H](OCc1ccc(C(=O)N[C@@H](CCS(C)(=O)=O)C(=O)O)c(-c2ccccc2C)c1)c1ccc(CN(C)C)o1. The van der Waals surface area contributed by atoms with Crippen LogP contribution in [0.4, 0.5) is 0 Å². The molecule has 2 N–H and O–H groups in total. The Morgan fingerprint density at radius 3 is 2.43 bits per heavy atom. The molecule has 10 heteroatoms. The van der Waals surface area contributed by atoms with Gasteiger partial charge in [-0.05, 0) is 80.4 Å². The molecule has 1 aromatic heterocycles. The fourth-order valence-electron chi connectivity index (χ4n) is 4.66. The van der Waals surface area contributed by atoms with E-state index in [9.17, 15) is 23.1 Å². The Morgan fingerprint density at radius 1 is 1.05 bits per heavy atom. The van der Waals surface area contributed by atoms with Gasteiger partial charge in [-0.3, -0.25) is 4.79 Å². The van der Waals surface area contributed by atoms with Gasteiger partial charge in [0.25, 0.3) is 5.91 Å². The van der Waals surface area contributed by atoms with Crippen molar-refractivity contribution in [2.24, 2.45) is 0 Å². The van der Waals surface area contributed by atoms with Crippen LogP contribution in [0.3, 0.4) is 0 Å². The van der Waals surface area contributed by atoms with Crippen LogP contribution in [0.5, 0.6) is 0 Å². The number of rotatable bonds is 16. The number of carboxylic acids is 1. The first kappa shape index (κ1) is 33.0. The first-order valence-corrected chi connectivity index (χ1v) is 16.2. The van der Waals surface area contributed by atoms with Crippen molar-refractivity contribution in [2.75, 3.05) is 26.1 Å². The van der Waals surface area contributed by atoms with E-state index in [4.69, 9.17) is 9.15 Å². The monoisotopic (exact) mass is 598 g/mol. The standard InChI is InChI=1S/C32H42N2O7S/c1-6-7-12-29(30-16-14-24(41-30)20-34(3)4)40-21-23-13-15-26(27(19-23)25-11-9-8-10-22(25)2)31(35)33-28(32(36)37)17-18-42(5,38)39/h8-11,13-16,19,28-29H,6-7,12,17-18,20-21H2,1-5H3,(H,33,35)(H,36,37)/t28-,29+/m0/s1. The maximum absolute atomic E-state index is 13.4. The van der Waals surface area contributed by atoms with Crippen molar-refractivity contribution in [3.8, 4) is 11.1 Å². The number of amides is 1. The minimum atomic E-state index is -3.40. The Balaban J connectivity index is 1.89. The number of carboxylic acid groups (broad SMARTS) is 1. The zero-order valence-electron chi connectivity index (χ0n) is 25.1. The second kappa shape index (κ2) is 15.1. The second-order valence-corrected chi connectivity index (χ2v) is 13.2. The molecule has 1 heterocycles. The molecule has 228 valence electrons. The number of aryl methyl sites for hydroxylation is 1. The Bertz CT molecular complexity index is 1460. The van der Waals surface area contributed by atoms with Gasteiger partial charge >= 0.3 is 5.97 Å². The van der Waals surface area contributed by atoms with Gasteiger partial charge in [-0.1, -0.05) is 50.1 Å². The first-order valence-electron chi connectivity index (χ1n) is 14.1. The molecule has 0 unspecified atom stereocenters. The highest BCUT2D eigenvalue weighted by Crippen LogP contribution is 2.31. The van der Waals surface area contributed by atoms with Crippen LogP contribution in [0.1, 0.15) is 71.7 Å². The van der Waals surface area contributed by atoms with Crippen LogP contribution < -0.4 is 5.32 Å². The van der Waals surface area contributed by atoms with Gasteiger partial charge in [0.15, 0.2) is 0 Å². The van der Waals surface area contributed by atoms with Gasteiger partial charge in [0.05, 0.1) is 18.9 Å². The van der Waals surface area contributed by atoms with E-state index in [2.05, 4.69) is 12.2 Å². The Labute approximate surface area is 248 Å². The molecule has 2 atom stereocenters. The van der Waals surface area contributed by atoms with Gasteiger partial charge < -0.3 is 24.5 Å². The number of carbonyl (C=O) groups excluding carboxylic acids is 1. The number of benzene rings is 2. The van der Waals surface area contributed by atoms with Gasteiger partial charge in [-0.2, -0.15) is 0 Å². The molecule has 2 aromatic carbocycles. The molecule has 0 saturated heterocycles. The summed E-state index contributed by atoms with van der Waals surface area (Å²) in [6.45, 7) is 5.05. The largest absolute Gasteiger partial charge is 0.480 e. The Hall–Kier alpha value is -3.47. The predicted octanol–water partition coefficient (Wildman–Crippen LogP) is 5.38. The molecule has 3 aromatic rings. The molecule has 1 amide bonds. The molecule has 0 aliphatic carbocycles. The van der Waals surface area contributed by atoms with Crippen molar-refractivity contribution in [2.45, 2.75) is 64.8 Å². The van der Waals surface area contributed by atoms with E-state index >= 15 is 0 Å². The molecule has 9 nitrogen and oxygen atoms in total. The third kappa shape index (κ3) is 9.82. The van der Waals surface area contributed by atoms with Crippen LogP contribution >= 0.6 is 0 Å². The van der Waals surface area contributed by atoms with Crippen molar-refractivity contribution >= 4 is 21.7 Å². The maximum atomic E-state index is 13.4. The Morgan fingerprint density at radius 2 is 1.79 bits per heavy atom. The summed E-state index contributed by atoms with van der Waals surface area (Å²) in [4.78, 5) is 27.2. The van der Waals surface area contributed by atoms with E-state index in [0.29, 0.717) is 17.7 Å². The average Bonchev–Trinajstić information content (AvgIpc) is 3.38. The van der Waals surface area contributed by atoms with Gasteiger partial charge in [-0.25, -0.2) is 13.2 Å². The third-order valence-corrected chi connectivity index (χ3v) is 7.86. The van der Waals surface area contributed by atoms with Crippen LogP contribution in [0.25, 0.3) is 11.1 Å². The van der Waals surface area contributed by atoms with Gasteiger partial charge in [0.2, 0.25) is 0 Å². The second-order valence-electron chi connectivity index (χ2n) is 11.0. The van der Waals surface area contributed by atoms with Crippen LogP contribution in [-0.2, 0) is 32.5 Å². The quantitative estimate of drug-likeness (QED) is 0.225. The number of hydrogen-bond donors (Lipinski definition) is 2. The van der Waals surface area contributed by atoms with Crippen LogP contribution in [0.15, 0.2) is 59.0 Å². The fraction of sp³-hybridized carbons (Fsp3) is 0.438. The number of hydrogen-bond acceptors (Lipinski definition) is 7. The topological polar surface area (TPSA) is 126 Å². The van der Waals surface area contributed by atoms with Crippen LogP contribution in [0, 0.1) is 6.92 Å². The van der Waals surface area contributed by atoms with Crippen molar-refractivity contribution in [1.29, 1.82) is 0 Å². The summed E-state index contributed by atoms with van der Waals surface area (Å²) in [5.74, 6) is -0.583. The van der Waals surface area contributed by atoms with Gasteiger partial charge in [0.1, 0.15) is 33.5 Å². The first-order chi connectivity index (χ1) is 19.9. The molecule has 0 bridgehead atoms. The minimum absolute atomic E-state index is 0.225. The number of ether oxygens (including phenoxy) is 1. The van der Waals surface area contributed by atoms with Crippen molar-refractivity contribution in [3.63, 3.8) is 0 Å². The van der Waals surface area contributed by atoms with Crippen LogP contribution in [-0.4, -0.2) is 62.4 Å². The van der Waals surface area contributed by atoms with E-state index < -0.39 is 27.8 Å². The van der Waals surface area contributed by atoms with Crippen molar-refractivity contribution in [3.05, 3.63) is 82.8 Å². The highest BCUT2D eigenvalue weighted by molar-refractivity contribution is 7.90. The summed E-state index contributed by atoms with van der Waals surface area (Å²) in [7, 11) is 0.577. The summed E-state index contributed by atoms with van der Waals surface area (Å²) >= 11 is 0. The average molecular weight is 599 g/mol. The molecule has 0 aliphatic rings. The highest BCUT2D eigenvalue weighted by atomic mass is 32.2. The van der Waals surface area contributed by atoms with Crippen LogP contribution in [0.2, 0.25) is 0 Å². The maximum Gasteiger partial charge on any atom is 0.326 e. The van der Waals surface area contributed by atoms with Gasteiger partial charge in [-0.15, -0.1) is 0 Å². The minimum Gasteiger partial charge on any atom is -0.480 e. The number of unbranched alkanes of at least 4 members (excludes halogenated alkanes) is 1. The lowest BCUT2D eigenvalue weighted by atomic mass is 9.93. The zero-order valence-corrected chi connectivity index (χ0v) is 25.9. The van der Waals surface area contributed by atoms with E-state index in [1.807, 2.05) is 68.4 Å².